The van der Waals surface area contributed by atoms with Crippen molar-refractivity contribution in [1.82, 2.24) is 0 Å². The number of carbonyl (C=O) groups excluding carboxylic acids is 1. The molecule has 0 fully saturated rings. The zero-order chi connectivity index (χ0) is 12.2. The Hall–Kier alpha value is -2.29. The van der Waals surface area contributed by atoms with E-state index in [9.17, 15) is 4.79 Å². The van der Waals surface area contributed by atoms with Crippen molar-refractivity contribution >= 4 is 17.2 Å². The lowest BCUT2D eigenvalue weighted by molar-refractivity contribution is 0.104. The summed E-state index contributed by atoms with van der Waals surface area (Å²) < 4.78 is 0. The predicted octanol–water partition coefficient (Wildman–Crippen LogP) is 2.37. The average Bonchev–Trinajstić information content (AvgIpc) is 2.54. The molecule has 1 aliphatic rings. The first-order valence-corrected chi connectivity index (χ1v) is 5.42. The van der Waals surface area contributed by atoms with Crippen LogP contribution in [-0.2, 0) is 0 Å². The molecule has 3 nitrogen and oxygen atoms in total. The van der Waals surface area contributed by atoms with Gasteiger partial charge < -0.3 is 11.5 Å². The minimum Gasteiger partial charge on any atom is -0.399 e. The van der Waals surface area contributed by atoms with E-state index in [0.29, 0.717) is 22.5 Å². The van der Waals surface area contributed by atoms with Crippen molar-refractivity contribution < 1.29 is 4.79 Å². The van der Waals surface area contributed by atoms with Gasteiger partial charge in [0.25, 0.3) is 0 Å². The second-order valence-corrected chi connectivity index (χ2v) is 4.39. The number of aryl methyl sites for hydroxylation is 1. The van der Waals surface area contributed by atoms with Crippen molar-refractivity contribution in [2.45, 2.75) is 6.92 Å². The van der Waals surface area contributed by atoms with E-state index in [-0.39, 0.29) is 5.78 Å². The van der Waals surface area contributed by atoms with Gasteiger partial charge in [-0.2, -0.15) is 0 Å². The second kappa shape index (κ2) is 3.10. The molecule has 0 saturated carbocycles. The summed E-state index contributed by atoms with van der Waals surface area (Å²) in [6.07, 6.45) is 0. The molecule has 0 heterocycles. The highest BCUT2D eigenvalue weighted by Gasteiger charge is 2.27. The average molecular weight is 224 g/mol. The molecule has 0 saturated heterocycles. The number of anilines is 2. The summed E-state index contributed by atoms with van der Waals surface area (Å²) in [4.78, 5) is 12.2. The molecule has 0 spiro atoms. The number of nitrogen functional groups attached to an aromatic ring is 2. The lowest BCUT2D eigenvalue weighted by Gasteiger charge is -2.04. The van der Waals surface area contributed by atoms with Crippen LogP contribution >= 0.6 is 0 Å². The van der Waals surface area contributed by atoms with Crippen LogP contribution in [0.2, 0.25) is 0 Å². The van der Waals surface area contributed by atoms with Crippen LogP contribution < -0.4 is 11.5 Å². The van der Waals surface area contributed by atoms with E-state index in [1.54, 1.807) is 12.1 Å². The Balaban J connectivity index is 2.35. The standard InChI is InChI=1S/C14H12N2O/c1-7-4-10-9-3-2-8(15)5-11(9)14(17)12(10)6-13(7)16/h2-6H,15-16H2,1H3. The van der Waals surface area contributed by atoms with Crippen molar-refractivity contribution in [1.29, 1.82) is 0 Å². The molecule has 0 aromatic heterocycles. The molecule has 1 aliphatic carbocycles. The normalized spacial score (nSPS) is 12.4. The highest BCUT2D eigenvalue weighted by Crippen LogP contribution is 2.39. The third-order valence-corrected chi connectivity index (χ3v) is 3.23. The summed E-state index contributed by atoms with van der Waals surface area (Å²) in [5.41, 5.74) is 17.0. The third-order valence-electron chi connectivity index (χ3n) is 3.23. The number of rotatable bonds is 0. The molecule has 0 radical (unpaired) electrons. The van der Waals surface area contributed by atoms with Gasteiger partial charge in [0.1, 0.15) is 0 Å². The van der Waals surface area contributed by atoms with Crippen LogP contribution in [0.3, 0.4) is 0 Å². The maximum atomic E-state index is 12.2. The first kappa shape index (κ1) is 9.90. The predicted molar refractivity (Wildman–Crippen MR) is 68.9 cm³/mol. The number of benzene rings is 2. The van der Waals surface area contributed by atoms with E-state index in [2.05, 4.69) is 0 Å². The highest BCUT2D eigenvalue weighted by atomic mass is 16.1. The lowest BCUT2D eigenvalue weighted by atomic mass is 10.0. The van der Waals surface area contributed by atoms with Crippen LogP contribution in [-0.4, -0.2) is 5.78 Å². The van der Waals surface area contributed by atoms with Crippen molar-refractivity contribution in [2.24, 2.45) is 0 Å². The summed E-state index contributed by atoms with van der Waals surface area (Å²) in [6.45, 7) is 1.94. The van der Waals surface area contributed by atoms with E-state index in [4.69, 9.17) is 11.5 Å². The Bertz CT molecular complexity index is 660. The number of hydrogen-bond acceptors (Lipinski definition) is 3. The number of nitrogens with two attached hydrogens (primary N) is 2. The minimum absolute atomic E-state index is 0.00833. The first-order valence-electron chi connectivity index (χ1n) is 5.42. The van der Waals surface area contributed by atoms with E-state index in [0.717, 1.165) is 16.7 Å². The monoisotopic (exact) mass is 224 g/mol. The Labute approximate surface area is 99.1 Å². The second-order valence-electron chi connectivity index (χ2n) is 4.39. The van der Waals surface area contributed by atoms with Gasteiger partial charge in [0, 0.05) is 22.5 Å². The fourth-order valence-corrected chi connectivity index (χ4v) is 2.27. The Kier molecular flexibility index (Phi) is 1.81. The first-order chi connectivity index (χ1) is 8.08. The van der Waals surface area contributed by atoms with Gasteiger partial charge in [0.05, 0.1) is 0 Å². The maximum Gasteiger partial charge on any atom is 0.194 e. The van der Waals surface area contributed by atoms with Crippen LogP contribution in [0, 0.1) is 6.92 Å². The third kappa shape index (κ3) is 1.25. The molecule has 0 unspecified atom stereocenters. The molecule has 0 amide bonds. The summed E-state index contributed by atoms with van der Waals surface area (Å²) in [7, 11) is 0. The smallest absolute Gasteiger partial charge is 0.194 e. The van der Waals surface area contributed by atoms with E-state index >= 15 is 0 Å². The fraction of sp³-hybridized carbons (Fsp3) is 0.0714. The molecule has 84 valence electrons. The van der Waals surface area contributed by atoms with Crippen molar-refractivity contribution in [3.63, 3.8) is 0 Å². The molecule has 3 rings (SSSR count). The summed E-state index contributed by atoms with van der Waals surface area (Å²) in [5.74, 6) is 0.00833. The van der Waals surface area contributed by atoms with Gasteiger partial charge in [-0.1, -0.05) is 6.07 Å². The zero-order valence-corrected chi connectivity index (χ0v) is 9.45. The van der Waals surface area contributed by atoms with Gasteiger partial charge >= 0.3 is 0 Å². The van der Waals surface area contributed by atoms with Crippen LogP contribution in [0.1, 0.15) is 21.5 Å². The Morgan fingerprint density at radius 1 is 0.882 bits per heavy atom. The van der Waals surface area contributed by atoms with Gasteiger partial charge in [-0.3, -0.25) is 4.79 Å². The topological polar surface area (TPSA) is 69.1 Å². The largest absolute Gasteiger partial charge is 0.399 e. The van der Waals surface area contributed by atoms with Crippen LogP contribution in [0.5, 0.6) is 0 Å². The molecular formula is C14H12N2O. The quantitative estimate of drug-likeness (QED) is 0.576. The van der Waals surface area contributed by atoms with Crippen LogP contribution in [0.4, 0.5) is 11.4 Å². The summed E-state index contributed by atoms with van der Waals surface area (Å²) in [5, 5.41) is 0. The van der Waals surface area contributed by atoms with Gasteiger partial charge in [0.2, 0.25) is 0 Å². The fourth-order valence-electron chi connectivity index (χ4n) is 2.27. The van der Waals surface area contributed by atoms with E-state index < -0.39 is 0 Å². The summed E-state index contributed by atoms with van der Waals surface area (Å²) >= 11 is 0. The van der Waals surface area contributed by atoms with Crippen molar-refractivity contribution in [3.8, 4) is 11.1 Å². The molecule has 0 atom stereocenters. The number of carbonyl (C=O) groups is 1. The van der Waals surface area contributed by atoms with Gasteiger partial charge in [-0.05, 0) is 47.9 Å². The molecule has 0 bridgehead atoms. The Morgan fingerprint density at radius 2 is 1.59 bits per heavy atom. The van der Waals surface area contributed by atoms with Gasteiger partial charge in [0.15, 0.2) is 5.78 Å². The van der Waals surface area contributed by atoms with Crippen molar-refractivity contribution in [3.05, 3.63) is 47.0 Å². The zero-order valence-electron chi connectivity index (χ0n) is 9.45. The number of fused-ring (bicyclic) bond motifs is 3. The maximum absolute atomic E-state index is 12.2. The SMILES string of the molecule is Cc1cc2c(cc1N)C(=O)c1cc(N)ccc1-2. The van der Waals surface area contributed by atoms with Gasteiger partial charge in [-0.25, -0.2) is 0 Å². The molecule has 3 heteroatoms. The molecule has 2 aromatic rings. The highest BCUT2D eigenvalue weighted by molar-refractivity contribution is 6.22. The van der Waals surface area contributed by atoms with Crippen LogP contribution in [0.25, 0.3) is 11.1 Å². The van der Waals surface area contributed by atoms with Crippen molar-refractivity contribution in [2.75, 3.05) is 11.5 Å². The lowest BCUT2D eigenvalue weighted by Crippen LogP contribution is -1.98. The van der Waals surface area contributed by atoms with E-state index in [1.807, 2.05) is 25.1 Å². The molecule has 2 aromatic carbocycles. The molecular weight excluding hydrogens is 212 g/mol. The number of ketones is 1. The Morgan fingerprint density at radius 3 is 2.35 bits per heavy atom. The van der Waals surface area contributed by atoms with Crippen LogP contribution in [0.15, 0.2) is 30.3 Å². The molecule has 4 N–H and O–H groups in total. The molecule has 0 aliphatic heterocycles. The van der Waals surface area contributed by atoms with E-state index in [1.165, 1.54) is 0 Å². The molecule has 17 heavy (non-hydrogen) atoms. The minimum atomic E-state index is 0.00833. The van der Waals surface area contributed by atoms with Gasteiger partial charge in [-0.15, -0.1) is 0 Å². The number of hydrogen-bond donors (Lipinski definition) is 2. The summed E-state index contributed by atoms with van der Waals surface area (Å²) in [6, 6.07) is 9.15.